The summed E-state index contributed by atoms with van der Waals surface area (Å²) >= 11 is 5.89. The number of halogens is 1. The Hall–Kier alpha value is -3.95. The van der Waals surface area contributed by atoms with Crippen LogP contribution in [0.15, 0.2) is 66.7 Å². The normalized spacial score (nSPS) is 13.3. The average Bonchev–Trinajstić information content (AvgIpc) is 2.88. The number of hydrazine groups is 1. The van der Waals surface area contributed by atoms with E-state index in [1.54, 1.807) is 41.3 Å². The van der Waals surface area contributed by atoms with E-state index < -0.39 is 0 Å². The quantitative estimate of drug-likeness (QED) is 0.232. The van der Waals surface area contributed by atoms with E-state index in [2.05, 4.69) is 15.6 Å². The van der Waals surface area contributed by atoms with Crippen LogP contribution in [0.5, 0.6) is 0 Å². The van der Waals surface area contributed by atoms with Crippen molar-refractivity contribution in [2.45, 2.75) is 6.61 Å². The fourth-order valence-electron chi connectivity index (χ4n) is 3.78. The highest BCUT2D eigenvalue weighted by atomic mass is 35.5. The Bertz CT molecular complexity index is 1200. The first-order valence-electron chi connectivity index (χ1n) is 11.1. The molecular weight excluding hydrogens is 468 g/mol. The van der Waals surface area contributed by atoms with E-state index >= 15 is 0 Å². The number of ether oxygens (including phenoxy) is 1. The van der Waals surface area contributed by atoms with E-state index in [-0.39, 0.29) is 18.6 Å². The Labute approximate surface area is 208 Å². The van der Waals surface area contributed by atoms with Gasteiger partial charge in [0.05, 0.1) is 11.4 Å². The molecule has 35 heavy (non-hydrogen) atoms. The van der Waals surface area contributed by atoms with Gasteiger partial charge in [-0.15, -0.1) is 0 Å². The fourth-order valence-corrected chi connectivity index (χ4v) is 3.91. The molecule has 0 bridgehead atoms. The summed E-state index contributed by atoms with van der Waals surface area (Å²) in [6, 6.07) is 19.6. The lowest BCUT2D eigenvalue weighted by Gasteiger charge is -2.35. The highest BCUT2D eigenvalue weighted by molar-refractivity contribution is 6.30. The highest BCUT2D eigenvalue weighted by Gasteiger charge is 2.23. The van der Waals surface area contributed by atoms with Crippen molar-refractivity contribution in [1.82, 2.24) is 4.90 Å². The van der Waals surface area contributed by atoms with Gasteiger partial charge in [-0.05, 0) is 54.1 Å². The number of nitrogens with one attached hydrogen (secondary N) is 2. The molecule has 1 fully saturated rings. The van der Waals surface area contributed by atoms with Crippen molar-refractivity contribution >= 4 is 46.4 Å². The zero-order valence-corrected chi connectivity index (χ0v) is 19.8. The molecule has 0 aliphatic carbocycles. The molecule has 1 aliphatic heterocycles. The van der Waals surface area contributed by atoms with Crippen molar-refractivity contribution in [1.29, 1.82) is 0 Å². The van der Waals surface area contributed by atoms with Crippen LogP contribution < -0.4 is 27.2 Å². The summed E-state index contributed by atoms with van der Waals surface area (Å²) in [5.41, 5.74) is 12.3. The van der Waals surface area contributed by atoms with Gasteiger partial charge in [0.15, 0.2) is 0 Å². The number of carbonyl (C=O) groups is 2. The molecule has 0 radical (unpaired) electrons. The Morgan fingerprint density at radius 1 is 0.971 bits per heavy atom. The summed E-state index contributed by atoms with van der Waals surface area (Å²) in [4.78, 5) is 29.1. The molecular formula is C25H27ClN6O3. The zero-order chi connectivity index (χ0) is 24.8. The number of rotatable bonds is 6. The van der Waals surface area contributed by atoms with Crippen molar-refractivity contribution in [2.24, 2.45) is 5.84 Å². The molecule has 0 unspecified atom stereocenters. The predicted molar refractivity (Wildman–Crippen MR) is 138 cm³/mol. The maximum absolute atomic E-state index is 12.8. The fraction of sp³-hybridized carbons (Fsp3) is 0.200. The van der Waals surface area contributed by atoms with Gasteiger partial charge in [0.1, 0.15) is 6.61 Å². The lowest BCUT2D eigenvalue weighted by molar-refractivity contribution is 0.0941. The SMILES string of the molecule is NNc1ccc(NC(=O)c2cccc(N3CCN(C(=O)OCc4ccc(Cl)cc4)CC3)c2)cc1N. The summed E-state index contributed by atoms with van der Waals surface area (Å²) in [6.45, 7) is 2.51. The Morgan fingerprint density at radius 2 is 1.71 bits per heavy atom. The van der Waals surface area contributed by atoms with Crippen molar-refractivity contribution in [3.8, 4) is 0 Å². The van der Waals surface area contributed by atoms with Crippen molar-refractivity contribution in [3.63, 3.8) is 0 Å². The molecule has 1 saturated heterocycles. The predicted octanol–water partition coefficient (Wildman–Crippen LogP) is 3.92. The Kier molecular flexibility index (Phi) is 7.59. The van der Waals surface area contributed by atoms with Crippen LogP contribution in [0.4, 0.5) is 27.5 Å². The van der Waals surface area contributed by atoms with E-state index in [1.807, 2.05) is 30.3 Å². The average molecular weight is 495 g/mol. The number of hydrogen-bond donors (Lipinski definition) is 4. The summed E-state index contributed by atoms with van der Waals surface area (Å²) < 4.78 is 5.43. The molecule has 1 heterocycles. The molecule has 0 spiro atoms. The number of nitrogens with two attached hydrogens (primary N) is 2. The van der Waals surface area contributed by atoms with E-state index in [9.17, 15) is 9.59 Å². The summed E-state index contributed by atoms with van der Waals surface area (Å²) in [5, 5.41) is 3.49. The Balaban J connectivity index is 1.31. The monoisotopic (exact) mass is 494 g/mol. The van der Waals surface area contributed by atoms with E-state index in [0.717, 1.165) is 11.3 Å². The molecule has 0 saturated carbocycles. The van der Waals surface area contributed by atoms with E-state index in [0.29, 0.717) is 53.8 Å². The van der Waals surface area contributed by atoms with Crippen LogP contribution >= 0.6 is 11.6 Å². The van der Waals surface area contributed by atoms with E-state index in [4.69, 9.17) is 27.9 Å². The number of benzene rings is 3. The lowest BCUT2D eigenvalue weighted by Crippen LogP contribution is -2.49. The summed E-state index contributed by atoms with van der Waals surface area (Å²) in [5.74, 6) is 5.15. The Morgan fingerprint density at radius 3 is 2.40 bits per heavy atom. The van der Waals surface area contributed by atoms with Gasteiger partial charge in [0.2, 0.25) is 0 Å². The molecule has 182 valence electrons. The minimum atomic E-state index is -0.345. The molecule has 4 rings (SSSR count). The minimum Gasteiger partial charge on any atom is -0.445 e. The first-order chi connectivity index (χ1) is 16.9. The number of nitrogen functional groups attached to an aromatic ring is 2. The molecule has 3 aromatic carbocycles. The third-order valence-corrected chi connectivity index (χ3v) is 6.00. The molecule has 3 aromatic rings. The second-order valence-corrected chi connectivity index (χ2v) is 8.54. The van der Waals surface area contributed by atoms with Crippen LogP contribution in [-0.4, -0.2) is 43.1 Å². The number of amides is 2. The van der Waals surface area contributed by atoms with Crippen LogP contribution in [0.25, 0.3) is 0 Å². The summed E-state index contributed by atoms with van der Waals surface area (Å²) in [6.07, 6.45) is -0.345. The lowest BCUT2D eigenvalue weighted by atomic mass is 10.1. The third-order valence-electron chi connectivity index (χ3n) is 5.75. The van der Waals surface area contributed by atoms with Gasteiger partial charge < -0.3 is 31.0 Å². The van der Waals surface area contributed by atoms with Crippen LogP contribution in [0.3, 0.4) is 0 Å². The second kappa shape index (κ2) is 11.0. The molecule has 2 amide bonds. The molecule has 10 heteroatoms. The van der Waals surface area contributed by atoms with E-state index in [1.165, 1.54) is 0 Å². The maximum Gasteiger partial charge on any atom is 0.410 e. The van der Waals surface area contributed by atoms with Gasteiger partial charge in [-0.3, -0.25) is 10.6 Å². The maximum atomic E-state index is 12.8. The van der Waals surface area contributed by atoms with Gasteiger partial charge in [-0.2, -0.15) is 0 Å². The highest BCUT2D eigenvalue weighted by Crippen LogP contribution is 2.23. The minimum absolute atomic E-state index is 0.199. The van der Waals surface area contributed by atoms with Crippen LogP contribution in [-0.2, 0) is 11.3 Å². The zero-order valence-electron chi connectivity index (χ0n) is 19.0. The molecule has 6 N–H and O–H groups in total. The third kappa shape index (κ3) is 6.14. The molecule has 0 atom stereocenters. The standard InChI is InChI=1S/C25H27ClN6O3/c26-19-6-4-17(5-7-19)16-35-25(34)32-12-10-31(11-13-32)21-3-1-2-18(14-21)24(33)29-20-8-9-23(30-28)22(27)15-20/h1-9,14-15,30H,10-13,16,27-28H2,(H,29,33). The van der Waals surface area contributed by atoms with Gasteiger partial charge in [0, 0.05) is 48.1 Å². The number of piperazine rings is 1. The van der Waals surface area contributed by atoms with Gasteiger partial charge in [0.25, 0.3) is 5.91 Å². The van der Waals surface area contributed by atoms with Crippen LogP contribution in [0.1, 0.15) is 15.9 Å². The van der Waals surface area contributed by atoms with Crippen LogP contribution in [0, 0.1) is 0 Å². The first kappa shape index (κ1) is 24.2. The molecule has 0 aromatic heterocycles. The molecule has 1 aliphatic rings. The van der Waals surface area contributed by atoms with Gasteiger partial charge >= 0.3 is 6.09 Å². The number of carbonyl (C=O) groups excluding carboxylic acids is 2. The summed E-state index contributed by atoms with van der Waals surface area (Å²) in [7, 11) is 0. The van der Waals surface area contributed by atoms with Crippen LogP contribution in [0.2, 0.25) is 5.02 Å². The number of anilines is 4. The number of hydrogen-bond acceptors (Lipinski definition) is 7. The molecule has 9 nitrogen and oxygen atoms in total. The van der Waals surface area contributed by atoms with Crippen molar-refractivity contribution < 1.29 is 14.3 Å². The van der Waals surface area contributed by atoms with Crippen molar-refractivity contribution in [2.75, 3.05) is 47.6 Å². The van der Waals surface area contributed by atoms with Crippen molar-refractivity contribution in [3.05, 3.63) is 82.9 Å². The topological polar surface area (TPSA) is 126 Å². The first-order valence-corrected chi connectivity index (χ1v) is 11.5. The van der Waals surface area contributed by atoms with Gasteiger partial charge in [-0.25, -0.2) is 4.79 Å². The second-order valence-electron chi connectivity index (χ2n) is 8.11. The van der Waals surface area contributed by atoms with Gasteiger partial charge in [-0.1, -0.05) is 29.8 Å². The number of nitrogens with zero attached hydrogens (tertiary/aromatic N) is 2. The largest absolute Gasteiger partial charge is 0.445 e. The smallest absolute Gasteiger partial charge is 0.410 e.